The molecule has 0 spiro atoms. The van der Waals surface area contributed by atoms with Crippen molar-refractivity contribution >= 4 is 46.8 Å². The summed E-state index contributed by atoms with van der Waals surface area (Å²) in [6, 6.07) is 13.8. The number of hydrogen-bond acceptors (Lipinski definition) is 5. The van der Waals surface area contributed by atoms with Crippen LogP contribution in [0.25, 0.3) is 0 Å². The van der Waals surface area contributed by atoms with Gasteiger partial charge in [-0.2, -0.15) is 0 Å². The molecule has 2 aromatic rings. The van der Waals surface area contributed by atoms with Crippen molar-refractivity contribution in [3.63, 3.8) is 0 Å². The van der Waals surface area contributed by atoms with Gasteiger partial charge in [0.05, 0.1) is 5.75 Å². The van der Waals surface area contributed by atoms with Crippen LogP contribution in [0.5, 0.6) is 5.75 Å². The summed E-state index contributed by atoms with van der Waals surface area (Å²) in [5.41, 5.74) is 3.99. The van der Waals surface area contributed by atoms with Gasteiger partial charge in [-0.15, -0.1) is 11.8 Å². The number of halogens is 1. The molecule has 1 aliphatic heterocycles. The second-order valence-corrected chi connectivity index (χ2v) is 7.45. The van der Waals surface area contributed by atoms with Gasteiger partial charge in [-0.3, -0.25) is 19.8 Å². The molecule has 2 N–H and O–H groups in total. The van der Waals surface area contributed by atoms with E-state index in [1.165, 1.54) is 23.7 Å². The molecule has 1 unspecified atom stereocenters. The van der Waals surface area contributed by atoms with Crippen LogP contribution >= 0.6 is 23.4 Å². The predicted molar refractivity (Wildman–Crippen MR) is 108 cm³/mol. The Morgan fingerprint density at radius 3 is 2.61 bits per heavy atom. The predicted octanol–water partition coefficient (Wildman–Crippen LogP) is 2.98. The number of nitrogens with zero attached hydrogens (tertiary/aromatic N) is 1. The van der Waals surface area contributed by atoms with Crippen LogP contribution in [-0.2, 0) is 14.4 Å². The maximum Gasteiger partial charge on any atom is 0.276 e. The van der Waals surface area contributed by atoms with Crippen molar-refractivity contribution in [2.75, 3.05) is 17.7 Å². The van der Waals surface area contributed by atoms with Crippen LogP contribution < -0.4 is 15.5 Å². The largest absolute Gasteiger partial charge is 0.484 e. The van der Waals surface area contributed by atoms with Crippen molar-refractivity contribution in [1.82, 2.24) is 10.4 Å². The fourth-order valence-corrected chi connectivity index (χ4v) is 4.05. The highest BCUT2D eigenvalue weighted by atomic mass is 35.5. The van der Waals surface area contributed by atoms with Crippen molar-refractivity contribution in [3.05, 3.63) is 59.1 Å². The first-order valence-corrected chi connectivity index (χ1v) is 9.85. The summed E-state index contributed by atoms with van der Waals surface area (Å²) in [6.07, 6.45) is 0. The minimum atomic E-state index is -0.459. The van der Waals surface area contributed by atoms with Gasteiger partial charge in [-0.05, 0) is 30.3 Å². The zero-order valence-corrected chi connectivity index (χ0v) is 16.5. The van der Waals surface area contributed by atoms with Crippen molar-refractivity contribution in [1.29, 1.82) is 0 Å². The van der Waals surface area contributed by atoms with E-state index in [9.17, 15) is 14.4 Å². The topological polar surface area (TPSA) is 87.7 Å². The van der Waals surface area contributed by atoms with Gasteiger partial charge < -0.3 is 10.1 Å². The Morgan fingerprint density at radius 1 is 1.21 bits per heavy atom. The number of amides is 3. The molecule has 0 aromatic heterocycles. The second kappa shape index (κ2) is 8.99. The third-order valence-electron chi connectivity index (χ3n) is 3.83. The monoisotopic (exact) mass is 419 g/mol. The van der Waals surface area contributed by atoms with Crippen LogP contribution in [0.3, 0.4) is 0 Å². The quantitative estimate of drug-likeness (QED) is 0.751. The molecule has 146 valence electrons. The Labute approximate surface area is 171 Å². The summed E-state index contributed by atoms with van der Waals surface area (Å²) in [7, 11) is 0. The highest BCUT2D eigenvalue weighted by Gasteiger charge is 2.35. The van der Waals surface area contributed by atoms with Gasteiger partial charge in [-0.25, -0.2) is 5.01 Å². The number of hydrogen-bond donors (Lipinski definition) is 2. The highest BCUT2D eigenvalue weighted by Crippen LogP contribution is 2.40. The lowest BCUT2D eigenvalue weighted by atomic mass is 10.2. The fraction of sp³-hybridized carbons (Fsp3) is 0.211. The lowest BCUT2D eigenvalue weighted by Crippen LogP contribution is -2.46. The highest BCUT2D eigenvalue weighted by molar-refractivity contribution is 8.00. The van der Waals surface area contributed by atoms with Crippen LogP contribution in [0, 0.1) is 0 Å². The molecule has 2 aromatic carbocycles. The molecular formula is C19H18ClN3O4S. The molecule has 0 radical (unpaired) electrons. The molecule has 0 bridgehead atoms. The molecule has 9 heteroatoms. The Hall–Kier alpha value is -2.71. The van der Waals surface area contributed by atoms with Crippen molar-refractivity contribution < 1.29 is 19.1 Å². The number of carbonyl (C=O) groups is 3. The van der Waals surface area contributed by atoms with E-state index < -0.39 is 5.91 Å². The minimum absolute atomic E-state index is 0.172. The van der Waals surface area contributed by atoms with Crippen molar-refractivity contribution in [2.45, 2.75) is 12.3 Å². The Balaban J connectivity index is 1.58. The van der Waals surface area contributed by atoms with E-state index in [-0.39, 0.29) is 29.5 Å². The number of rotatable bonds is 6. The van der Waals surface area contributed by atoms with Crippen LogP contribution in [-0.4, -0.2) is 35.1 Å². The number of ether oxygens (including phenoxy) is 1. The van der Waals surface area contributed by atoms with Gasteiger partial charge in [0.25, 0.3) is 11.8 Å². The van der Waals surface area contributed by atoms with E-state index in [1.54, 1.807) is 36.4 Å². The molecule has 3 amide bonds. The van der Waals surface area contributed by atoms with E-state index >= 15 is 0 Å². The zero-order valence-electron chi connectivity index (χ0n) is 15.0. The Kier molecular flexibility index (Phi) is 6.43. The standard InChI is InChI=1S/C19H18ClN3O4S/c1-12(24)21-13-6-8-14(9-7-13)27-10-17(25)22-23-18(26)11-28-19(23)15-4-2-3-5-16(15)20/h2-9,19H,10-11H2,1H3,(H,21,24)(H,22,25). The molecule has 1 aliphatic rings. The van der Waals surface area contributed by atoms with Crippen molar-refractivity contribution in [2.24, 2.45) is 0 Å². The molecule has 3 rings (SSSR count). The molecule has 28 heavy (non-hydrogen) atoms. The Morgan fingerprint density at radius 2 is 1.93 bits per heavy atom. The first-order chi connectivity index (χ1) is 13.4. The van der Waals surface area contributed by atoms with E-state index in [2.05, 4.69) is 10.7 Å². The average molecular weight is 420 g/mol. The summed E-state index contributed by atoms with van der Waals surface area (Å²) in [5.74, 6) is -0.119. The maximum absolute atomic E-state index is 12.3. The van der Waals surface area contributed by atoms with E-state index in [4.69, 9.17) is 16.3 Å². The van der Waals surface area contributed by atoms with Crippen LogP contribution in [0.15, 0.2) is 48.5 Å². The lowest BCUT2D eigenvalue weighted by molar-refractivity contribution is -0.140. The van der Waals surface area contributed by atoms with Gasteiger partial charge in [-0.1, -0.05) is 29.8 Å². The molecular weight excluding hydrogens is 402 g/mol. The van der Waals surface area contributed by atoms with Gasteiger partial charge in [0.1, 0.15) is 11.1 Å². The average Bonchev–Trinajstić information content (AvgIpc) is 3.01. The van der Waals surface area contributed by atoms with E-state index in [0.717, 1.165) is 5.56 Å². The number of benzene rings is 2. The van der Waals surface area contributed by atoms with E-state index in [1.807, 2.05) is 12.1 Å². The normalized spacial score (nSPS) is 16.0. The summed E-state index contributed by atoms with van der Waals surface area (Å²) < 4.78 is 5.44. The van der Waals surface area contributed by atoms with Crippen LogP contribution in [0.4, 0.5) is 5.69 Å². The van der Waals surface area contributed by atoms with Gasteiger partial charge in [0.15, 0.2) is 6.61 Å². The third-order valence-corrected chi connectivity index (χ3v) is 5.37. The number of nitrogens with one attached hydrogen (secondary N) is 2. The summed E-state index contributed by atoms with van der Waals surface area (Å²) >= 11 is 7.61. The first-order valence-electron chi connectivity index (χ1n) is 8.42. The van der Waals surface area contributed by atoms with Gasteiger partial charge in [0.2, 0.25) is 5.91 Å². The van der Waals surface area contributed by atoms with Crippen LogP contribution in [0.2, 0.25) is 5.02 Å². The van der Waals surface area contributed by atoms with Gasteiger partial charge >= 0.3 is 0 Å². The summed E-state index contributed by atoms with van der Waals surface area (Å²) in [4.78, 5) is 35.5. The smallest absolute Gasteiger partial charge is 0.276 e. The molecule has 1 fully saturated rings. The maximum atomic E-state index is 12.3. The number of thioether (sulfide) groups is 1. The zero-order chi connectivity index (χ0) is 20.1. The molecule has 0 saturated carbocycles. The third kappa shape index (κ3) is 4.96. The number of carbonyl (C=O) groups excluding carboxylic acids is 3. The van der Waals surface area contributed by atoms with Crippen LogP contribution in [0.1, 0.15) is 17.9 Å². The Bertz CT molecular complexity index is 891. The fourth-order valence-electron chi connectivity index (χ4n) is 2.60. The molecule has 1 atom stereocenters. The van der Waals surface area contributed by atoms with Gasteiger partial charge in [0, 0.05) is 23.2 Å². The lowest BCUT2D eigenvalue weighted by Gasteiger charge is -2.25. The molecule has 0 aliphatic carbocycles. The second-order valence-electron chi connectivity index (χ2n) is 5.98. The summed E-state index contributed by atoms with van der Waals surface area (Å²) in [5, 5.41) is 4.08. The number of hydrazine groups is 1. The number of anilines is 1. The minimum Gasteiger partial charge on any atom is -0.484 e. The molecule has 1 heterocycles. The SMILES string of the molecule is CC(=O)Nc1ccc(OCC(=O)NN2C(=O)CSC2c2ccccc2Cl)cc1. The first kappa shape index (κ1) is 20.0. The van der Waals surface area contributed by atoms with E-state index in [0.29, 0.717) is 16.5 Å². The van der Waals surface area contributed by atoms with Crippen molar-refractivity contribution in [3.8, 4) is 5.75 Å². The summed E-state index contributed by atoms with van der Waals surface area (Å²) in [6.45, 7) is 1.16. The molecule has 7 nitrogen and oxygen atoms in total. The molecule has 1 saturated heterocycles.